The van der Waals surface area contributed by atoms with Crippen molar-refractivity contribution >= 4 is 175 Å². The zero-order chi connectivity index (χ0) is 57.0. The van der Waals surface area contributed by atoms with Gasteiger partial charge >= 0.3 is 0 Å². The Hall–Kier alpha value is 0.0700. The number of carbonyl (C=O) groups excluding carboxylic acids is 4. The van der Waals surface area contributed by atoms with E-state index < -0.39 is 5.41 Å². The molecule has 79 heavy (non-hydrogen) atoms. The monoisotopic (exact) mass is 1670 g/mol. The summed E-state index contributed by atoms with van der Waals surface area (Å²) < 4.78 is 27.6. The second-order valence-corrected chi connectivity index (χ2v) is 28.0. The van der Waals surface area contributed by atoms with E-state index in [-0.39, 0.29) is 29.2 Å². The zero-order valence-corrected chi connectivity index (χ0v) is 59.8. The van der Waals surface area contributed by atoms with Crippen LogP contribution < -0.4 is 0 Å². The standard InChI is InChI=1S/C23H31BrO5.C13H13Br3O.C13H13BrOS.C9H7BrO.C3H7Br.Br2/c24-18-7-8-19-17(15-18)16-20(25)23(19,9-13-28-21-5-1-3-11-26-21)10-14-29-22-6-2-4-12-27-22;14-5-3-13(4-6-15)11-2-1-10(16)7-9(11)8-12(13)17;14-10-1-2-11-9(7-10)8-12(15)13(11)3-5-16-6-4-13;10-8-2-1-6-4-9(11)5-7(6)3-8;1-2-3-4;1-2/h7-8,15,21-22H,1-6,9-14,16H2;1-2,7H,3-6,8H2;1-2,7H,3-6,8H2;1-3H,4-5H2;2-3H2,1H3;. The van der Waals surface area contributed by atoms with Crippen LogP contribution >= 0.6 is 152 Å². The maximum Gasteiger partial charge on any atom is 0.157 e. The number of rotatable bonds is 13. The van der Waals surface area contributed by atoms with Crippen LogP contribution in [0.2, 0.25) is 0 Å². The molecule has 3 aliphatic heterocycles. The predicted molar refractivity (Wildman–Crippen MR) is 354 cm³/mol. The Morgan fingerprint density at radius 1 is 0.506 bits per heavy atom. The molecule has 2 atom stereocenters. The number of alkyl halides is 3. The van der Waals surface area contributed by atoms with Crippen molar-refractivity contribution in [2.45, 2.75) is 151 Å². The molecule has 2 unspecified atom stereocenters. The van der Waals surface area contributed by atoms with Crippen LogP contribution in [0.5, 0.6) is 0 Å². The van der Waals surface area contributed by atoms with Crippen molar-refractivity contribution in [3.05, 3.63) is 135 Å². The summed E-state index contributed by atoms with van der Waals surface area (Å²) in [5.41, 5.74) is 8.65. The van der Waals surface area contributed by atoms with Crippen LogP contribution in [0.4, 0.5) is 0 Å². The van der Waals surface area contributed by atoms with Crippen LogP contribution in [-0.2, 0) is 86.5 Å². The fourth-order valence-electron chi connectivity index (χ4n) is 11.8. The summed E-state index contributed by atoms with van der Waals surface area (Å²) in [5.74, 6) is 3.66. The van der Waals surface area contributed by atoms with Crippen molar-refractivity contribution in [2.75, 3.05) is 53.9 Å². The number of hydrogen-bond acceptors (Lipinski definition) is 9. The number of ketones is 4. The molecule has 4 aromatic carbocycles. The third-order valence-electron chi connectivity index (χ3n) is 15.9. The summed E-state index contributed by atoms with van der Waals surface area (Å²) in [6, 6.07) is 24.8. The molecule has 3 fully saturated rings. The van der Waals surface area contributed by atoms with E-state index in [4.69, 9.17) is 18.9 Å². The highest BCUT2D eigenvalue weighted by atomic mass is 80.9. The number of carbonyl (C=O) groups is 4. The van der Waals surface area contributed by atoms with Gasteiger partial charge in [-0.15, -0.1) is 0 Å². The molecule has 0 N–H and O–H groups in total. The Bertz CT molecular complexity index is 2620. The largest absolute Gasteiger partial charge is 0.353 e. The third kappa shape index (κ3) is 18.3. The first-order chi connectivity index (χ1) is 38.2. The number of benzene rings is 4. The van der Waals surface area contributed by atoms with Crippen LogP contribution in [-0.4, -0.2) is 89.6 Å². The Morgan fingerprint density at radius 2 is 0.911 bits per heavy atom. The van der Waals surface area contributed by atoms with Crippen LogP contribution in [0.15, 0.2) is 90.7 Å². The summed E-state index contributed by atoms with van der Waals surface area (Å²) in [6.45, 7) is 4.70. The van der Waals surface area contributed by atoms with Gasteiger partial charge in [-0.1, -0.05) is 143 Å². The summed E-state index contributed by atoms with van der Waals surface area (Å²) in [4.78, 5) is 48.9. The Labute approximate surface area is 547 Å². The van der Waals surface area contributed by atoms with Gasteiger partial charge in [-0.25, -0.2) is 0 Å². The molecule has 0 aromatic heterocycles. The van der Waals surface area contributed by atoms with Crippen LogP contribution in [0.3, 0.4) is 0 Å². The van der Waals surface area contributed by atoms with Gasteiger partial charge in [-0.2, -0.15) is 11.8 Å². The summed E-state index contributed by atoms with van der Waals surface area (Å²) in [7, 11) is 0. The quantitative estimate of drug-likeness (QED) is 0.121. The molecular weight excluding hydrogens is 1610 g/mol. The zero-order valence-electron chi connectivity index (χ0n) is 44.8. The lowest BCUT2D eigenvalue weighted by Gasteiger charge is -2.32. The maximum absolute atomic E-state index is 13.2. The molecule has 432 valence electrons. The number of hydrogen-bond donors (Lipinski definition) is 0. The molecule has 0 saturated carbocycles. The number of halogens is 9. The molecule has 18 heteroatoms. The smallest absolute Gasteiger partial charge is 0.157 e. The van der Waals surface area contributed by atoms with E-state index in [9.17, 15) is 19.2 Å². The predicted octanol–water partition coefficient (Wildman–Crippen LogP) is 18.0. The first-order valence-corrected chi connectivity index (χ1v) is 38.7. The molecule has 4 aliphatic carbocycles. The van der Waals surface area contributed by atoms with Crippen LogP contribution in [0.1, 0.15) is 135 Å². The van der Waals surface area contributed by atoms with Crippen LogP contribution in [0, 0.1) is 0 Å². The van der Waals surface area contributed by atoms with E-state index in [0.29, 0.717) is 75.5 Å². The van der Waals surface area contributed by atoms with E-state index in [2.05, 4.69) is 189 Å². The van der Waals surface area contributed by atoms with Gasteiger partial charge in [0.2, 0.25) is 0 Å². The molecule has 1 spiro atoms. The average molecular weight is 1680 g/mol. The highest BCUT2D eigenvalue weighted by Crippen LogP contribution is 2.47. The lowest BCUT2D eigenvalue weighted by Crippen LogP contribution is -2.37. The highest BCUT2D eigenvalue weighted by molar-refractivity contribution is 9.93. The minimum absolute atomic E-state index is 0.124. The van der Waals surface area contributed by atoms with Gasteiger partial charge in [-0.05, 0) is 188 Å². The average Bonchev–Trinajstić information content (AvgIpc) is 4.13. The van der Waals surface area contributed by atoms with Crippen molar-refractivity contribution < 1.29 is 38.1 Å². The molecule has 0 radical (unpaired) electrons. The lowest BCUT2D eigenvalue weighted by atomic mass is 9.75. The SMILES string of the molecule is BrBr.CCCBr.O=C1Cc2cc(Br)ccc2C1(CCBr)CCBr.O=C1Cc2cc(Br)ccc2C1(CCOC1CCCCO1)CCOC1CCCCO1.O=C1Cc2cc(Br)ccc2C12CCSCC2.O=C1Cc2ccc(Br)cc2C1. The van der Waals surface area contributed by atoms with E-state index in [1.165, 1.54) is 39.8 Å². The van der Waals surface area contributed by atoms with Crippen molar-refractivity contribution in [3.63, 3.8) is 0 Å². The van der Waals surface area contributed by atoms with E-state index in [1.807, 2.05) is 42.1 Å². The molecule has 7 aliphatic rings. The van der Waals surface area contributed by atoms with Gasteiger partial charge < -0.3 is 18.9 Å². The Balaban J connectivity index is 0.000000173. The highest BCUT2D eigenvalue weighted by Gasteiger charge is 2.48. The van der Waals surface area contributed by atoms with E-state index in [1.54, 1.807) is 0 Å². The second kappa shape index (κ2) is 34.4. The van der Waals surface area contributed by atoms with E-state index in [0.717, 1.165) is 134 Å². The second-order valence-electron chi connectivity index (χ2n) is 20.8. The van der Waals surface area contributed by atoms with Crippen molar-refractivity contribution in [2.24, 2.45) is 0 Å². The molecule has 8 nitrogen and oxygen atoms in total. The fraction of sp³-hybridized carbons (Fsp3) is 0.541. The molecule has 3 heterocycles. The molecule has 0 amide bonds. The summed E-state index contributed by atoms with van der Waals surface area (Å²) in [5, 5.41) is 2.86. The van der Waals surface area contributed by atoms with Crippen LogP contribution in [0.25, 0.3) is 0 Å². The maximum atomic E-state index is 13.2. The van der Waals surface area contributed by atoms with Gasteiger partial charge in [-0.3, -0.25) is 19.2 Å². The molecule has 0 bridgehead atoms. The Morgan fingerprint density at radius 3 is 1.35 bits per heavy atom. The topological polar surface area (TPSA) is 105 Å². The summed E-state index contributed by atoms with van der Waals surface area (Å²) >= 11 is 31.5. The van der Waals surface area contributed by atoms with Crippen molar-refractivity contribution in [1.29, 1.82) is 0 Å². The number of Topliss-reactive ketones (excluding diaryl/α,β-unsaturated/α-hetero) is 4. The van der Waals surface area contributed by atoms with Crippen molar-refractivity contribution in [1.82, 2.24) is 0 Å². The Kier molecular flexibility index (Phi) is 29.7. The van der Waals surface area contributed by atoms with Crippen molar-refractivity contribution in [3.8, 4) is 0 Å². The fourth-order valence-corrected chi connectivity index (χ4v) is 16.0. The minimum Gasteiger partial charge on any atom is -0.353 e. The van der Waals surface area contributed by atoms with Gasteiger partial charge in [0, 0.05) is 107 Å². The third-order valence-corrected chi connectivity index (χ3v) is 20.4. The van der Waals surface area contributed by atoms with Gasteiger partial charge in [0.25, 0.3) is 0 Å². The van der Waals surface area contributed by atoms with E-state index >= 15 is 0 Å². The first kappa shape index (κ1) is 68.2. The molecular formula is C61H71Br9O8S. The summed E-state index contributed by atoms with van der Waals surface area (Å²) in [6.07, 6.45) is 15.4. The minimum atomic E-state index is -0.542. The molecule has 3 saturated heterocycles. The lowest BCUT2D eigenvalue weighted by molar-refractivity contribution is -0.171. The van der Waals surface area contributed by atoms with Gasteiger partial charge in [0.1, 0.15) is 23.1 Å². The van der Waals surface area contributed by atoms with Gasteiger partial charge in [0.15, 0.2) is 12.6 Å². The molecule has 4 aromatic rings. The normalized spacial score (nSPS) is 21.7. The number of ether oxygens (including phenoxy) is 4. The number of thioether (sulfide) groups is 1. The van der Waals surface area contributed by atoms with Gasteiger partial charge in [0.05, 0.1) is 29.5 Å². The molecule has 11 rings (SSSR count). The first-order valence-electron chi connectivity index (χ1n) is 27.3. The number of fused-ring (bicyclic) bond motifs is 5.